The van der Waals surface area contributed by atoms with E-state index in [4.69, 9.17) is 4.74 Å². The second-order valence-electron chi connectivity index (χ2n) is 2.72. The summed E-state index contributed by atoms with van der Waals surface area (Å²) in [4.78, 5) is 4.14. The van der Waals surface area contributed by atoms with Crippen molar-refractivity contribution >= 4 is 6.21 Å². The summed E-state index contributed by atoms with van der Waals surface area (Å²) in [6.07, 6.45) is 4.36. The molecule has 0 aliphatic carbocycles. The van der Waals surface area contributed by atoms with Crippen molar-refractivity contribution in [3.63, 3.8) is 0 Å². The minimum absolute atomic E-state index is 0.335. The molecular weight excluding hydrogens is 152 g/mol. The Morgan fingerprint density at radius 3 is 2.83 bits per heavy atom. The van der Waals surface area contributed by atoms with Crippen molar-refractivity contribution in [2.24, 2.45) is 4.99 Å². The highest BCUT2D eigenvalue weighted by atomic mass is 16.5. The molecule has 0 aromatic heterocycles. The number of hydrogen-bond acceptors (Lipinski definition) is 3. The van der Waals surface area contributed by atoms with Gasteiger partial charge in [0.15, 0.2) is 0 Å². The Hall–Kier alpha value is -0.410. The molecule has 0 heterocycles. The summed E-state index contributed by atoms with van der Waals surface area (Å²) in [7, 11) is 3.70. The number of likely N-dealkylation sites (N-methyl/N-ethyl adjacent to an activating group) is 1. The van der Waals surface area contributed by atoms with Gasteiger partial charge in [0.1, 0.15) is 0 Å². The molecule has 72 valence electrons. The first-order valence-corrected chi connectivity index (χ1v) is 4.47. The van der Waals surface area contributed by atoms with Gasteiger partial charge in [-0.05, 0) is 33.0 Å². The third-order valence-electron chi connectivity index (χ3n) is 1.76. The number of methoxy groups -OCH3 is 1. The number of nitrogens with zero attached hydrogens (tertiary/aromatic N) is 1. The van der Waals surface area contributed by atoms with E-state index in [1.807, 2.05) is 20.2 Å². The Labute approximate surface area is 75.2 Å². The lowest BCUT2D eigenvalue weighted by Crippen LogP contribution is -2.25. The molecule has 3 nitrogen and oxygen atoms in total. The minimum Gasteiger partial charge on any atom is -0.380 e. The minimum atomic E-state index is 0.335. The molecule has 0 rings (SSSR count). The van der Waals surface area contributed by atoms with Crippen LogP contribution in [0.25, 0.3) is 0 Å². The molecule has 3 heteroatoms. The molecule has 0 spiro atoms. The van der Waals surface area contributed by atoms with Gasteiger partial charge >= 0.3 is 0 Å². The van der Waals surface area contributed by atoms with Crippen LogP contribution in [0.4, 0.5) is 0 Å². The van der Waals surface area contributed by atoms with Gasteiger partial charge in [0.25, 0.3) is 0 Å². The largest absolute Gasteiger partial charge is 0.380 e. The van der Waals surface area contributed by atoms with Crippen LogP contribution in [-0.2, 0) is 4.74 Å². The third kappa shape index (κ3) is 6.31. The van der Waals surface area contributed by atoms with Crippen LogP contribution in [0, 0.1) is 0 Å². The van der Waals surface area contributed by atoms with Gasteiger partial charge in [-0.1, -0.05) is 0 Å². The fourth-order valence-corrected chi connectivity index (χ4v) is 1.07. The first kappa shape index (κ1) is 11.6. The SMILES string of the molecule is CC=NCCCC(CNC)OC. The third-order valence-corrected chi connectivity index (χ3v) is 1.76. The van der Waals surface area contributed by atoms with E-state index in [0.29, 0.717) is 6.10 Å². The Morgan fingerprint density at radius 2 is 2.33 bits per heavy atom. The number of rotatable bonds is 7. The Bertz CT molecular complexity index is 115. The second kappa shape index (κ2) is 8.68. The van der Waals surface area contributed by atoms with Crippen molar-refractivity contribution in [1.82, 2.24) is 5.32 Å². The Balaban J connectivity index is 3.31. The fourth-order valence-electron chi connectivity index (χ4n) is 1.07. The van der Waals surface area contributed by atoms with Crippen LogP contribution < -0.4 is 5.32 Å². The molecule has 0 aromatic rings. The molecular formula is C9H20N2O. The second-order valence-corrected chi connectivity index (χ2v) is 2.72. The van der Waals surface area contributed by atoms with E-state index in [1.165, 1.54) is 0 Å². The van der Waals surface area contributed by atoms with E-state index in [-0.39, 0.29) is 0 Å². The number of nitrogens with one attached hydrogen (secondary N) is 1. The van der Waals surface area contributed by atoms with Gasteiger partial charge in [0.2, 0.25) is 0 Å². The van der Waals surface area contributed by atoms with Crippen molar-refractivity contribution in [2.75, 3.05) is 27.2 Å². The molecule has 0 aliphatic rings. The van der Waals surface area contributed by atoms with Crippen LogP contribution in [0.5, 0.6) is 0 Å². The van der Waals surface area contributed by atoms with E-state index in [1.54, 1.807) is 7.11 Å². The Morgan fingerprint density at radius 1 is 1.58 bits per heavy atom. The van der Waals surface area contributed by atoms with Crippen molar-refractivity contribution in [2.45, 2.75) is 25.9 Å². The molecule has 1 unspecified atom stereocenters. The average Bonchev–Trinajstić information content (AvgIpc) is 2.10. The van der Waals surface area contributed by atoms with E-state index in [2.05, 4.69) is 10.3 Å². The molecule has 0 aromatic carbocycles. The first-order chi connectivity index (χ1) is 5.85. The summed E-state index contributed by atoms with van der Waals surface area (Å²) in [6.45, 7) is 3.79. The number of ether oxygens (including phenoxy) is 1. The molecule has 0 saturated heterocycles. The fraction of sp³-hybridized carbons (Fsp3) is 0.889. The predicted octanol–water partition coefficient (Wildman–Crippen LogP) is 1.09. The van der Waals surface area contributed by atoms with Gasteiger partial charge in [-0.15, -0.1) is 0 Å². The average molecular weight is 172 g/mol. The highest BCUT2D eigenvalue weighted by Gasteiger charge is 2.03. The van der Waals surface area contributed by atoms with E-state index >= 15 is 0 Å². The van der Waals surface area contributed by atoms with Crippen LogP contribution in [0.2, 0.25) is 0 Å². The summed E-state index contributed by atoms with van der Waals surface area (Å²) in [5.74, 6) is 0. The van der Waals surface area contributed by atoms with Gasteiger partial charge < -0.3 is 10.1 Å². The standard InChI is InChI=1S/C9H20N2O/c1-4-11-7-5-6-9(12-3)8-10-2/h4,9-10H,5-8H2,1-3H3. The molecule has 0 saturated carbocycles. The summed E-state index contributed by atoms with van der Waals surface area (Å²) >= 11 is 0. The molecule has 1 N–H and O–H groups in total. The highest BCUT2D eigenvalue weighted by Crippen LogP contribution is 1.99. The van der Waals surface area contributed by atoms with Crippen LogP contribution >= 0.6 is 0 Å². The van der Waals surface area contributed by atoms with Crippen LogP contribution in [0.3, 0.4) is 0 Å². The molecule has 12 heavy (non-hydrogen) atoms. The topological polar surface area (TPSA) is 33.6 Å². The smallest absolute Gasteiger partial charge is 0.0696 e. The van der Waals surface area contributed by atoms with E-state index < -0.39 is 0 Å². The van der Waals surface area contributed by atoms with E-state index in [9.17, 15) is 0 Å². The lowest BCUT2D eigenvalue weighted by Gasteiger charge is -2.13. The summed E-state index contributed by atoms with van der Waals surface area (Å²) in [5.41, 5.74) is 0. The summed E-state index contributed by atoms with van der Waals surface area (Å²) < 4.78 is 5.26. The predicted molar refractivity (Wildman–Crippen MR) is 53.0 cm³/mol. The molecule has 0 bridgehead atoms. The van der Waals surface area contributed by atoms with Gasteiger partial charge in [-0.2, -0.15) is 0 Å². The highest BCUT2D eigenvalue weighted by molar-refractivity contribution is 5.53. The molecule has 1 atom stereocenters. The quantitative estimate of drug-likeness (QED) is 0.461. The van der Waals surface area contributed by atoms with Crippen molar-refractivity contribution in [1.29, 1.82) is 0 Å². The lowest BCUT2D eigenvalue weighted by atomic mass is 10.2. The molecule has 0 amide bonds. The zero-order valence-electron chi connectivity index (χ0n) is 8.34. The zero-order valence-corrected chi connectivity index (χ0v) is 8.34. The van der Waals surface area contributed by atoms with Crippen LogP contribution in [0.15, 0.2) is 4.99 Å². The van der Waals surface area contributed by atoms with Crippen LogP contribution in [0.1, 0.15) is 19.8 Å². The zero-order chi connectivity index (χ0) is 9.23. The van der Waals surface area contributed by atoms with Crippen molar-refractivity contribution < 1.29 is 4.74 Å². The van der Waals surface area contributed by atoms with Gasteiger partial charge in [-0.25, -0.2) is 0 Å². The molecule has 0 radical (unpaired) electrons. The van der Waals surface area contributed by atoms with Gasteiger partial charge in [-0.3, -0.25) is 4.99 Å². The number of aliphatic imine (C=N–C) groups is 1. The lowest BCUT2D eigenvalue weighted by molar-refractivity contribution is 0.0950. The normalized spacial score (nSPS) is 13.9. The first-order valence-electron chi connectivity index (χ1n) is 4.47. The molecule has 0 aliphatic heterocycles. The monoisotopic (exact) mass is 172 g/mol. The van der Waals surface area contributed by atoms with Crippen molar-refractivity contribution in [3.8, 4) is 0 Å². The van der Waals surface area contributed by atoms with Crippen molar-refractivity contribution in [3.05, 3.63) is 0 Å². The number of hydrogen-bond donors (Lipinski definition) is 1. The maximum Gasteiger partial charge on any atom is 0.0696 e. The van der Waals surface area contributed by atoms with Gasteiger partial charge in [0.05, 0.1) is 6.10 Å². The Kier molecular flexibility index (Phi) is 8.39. The van der Waals surface area contributed by atoms with E-state index in [0.717, 1.165) is 25.9 Å². The molecule has 0 fully saturated rings. The maximum absolute atomic E-state index is 5.26. The summed E-state index contributed by atoms with van der Waals surface area (Å²) in [5, 5.41) is 3.10. The van der Waals surface area contributed by atoms with Crippen LogP contribution in [-0.4, -0.2) is 39.6 Å². The van der Waals surface area contributed by atoms with Gasteiger partial charge in [0, 0.05) is 20.2 Å². The maximum atomic E-state index is 5.26. The summed E-state index contributed by atoms with van der Waals surface area (Å²) in [6, 6.07) is 0.